The molecular weight excluding hydrogens is 560 g/mol. The van der Waals surface area contributed by atoms with Crippen LogP contribution in [0.2, 0.25) is 5.02 Å². The van der Waals surface area contributed by atoms with Crippen molar-refractivity contribution in [3.63, 3.8) is 0 Å². The van der Waals surface area contributed by atoms with Gasteiger partial charge >= 0.3 is 5.69 Å². The van der Waals surface area contributed by atoms with Crippen LogP contribution in [0.15, 0.2) is 60.0 Å². The first kappa shape index (κ1) is 31.1. The third-order valence-electron chi connectivity index (χ3n) is 7.11. The van der Waals surface area contributed by atoms with Crippen LogP contribution in [0.1, 0.15) is 50.3 Å². The lowest BCUT2D eigenvalue weighted by molar-refractivity contribution is 0.519. The van der Waals surface area contributed by atoms with Crippen LogP contribution in [0, 0.1) is 17.0 Å². The number of aromatic nitrogens is 3. The number of amidine groups is 1. The Morgan fingerprint density at radius 2 is 2.02 bits per heavy atom. The Labute approximate surface area is 248 Å². The number of fused-ring (bicyclic) bond motifs is 1. The van der Waals surface area contributed by atoms with Crippen LogP contribution < -0.4 is 22.1 Å². The topological polar surface area (TPSA) is 125 Å². The molecule has 0 saturated carbocycles. The number of nitrogens with one attached hydrogen (secondary N) is 4. The third-order valence-corrected chi connectivity index (χ3v) is 7.39. The molecule has 0 radical (unpaired) electrons. The maximum atomic E-state index is 15.1. The minimum Gasteiger partial charge on any atom is -0.374 e. The fraction of sp³-hybridized carbons (Fsp3) is 0.323. The summed E-state index contributed by atoms with van der Waals surface area (Å²) in [6, 6.07) is 9.29. The number of aryl methyl sites for hydroxylation is 1. The van der Waals surface area contributed by atoms with Gasteiger partial charge in [-0.05, 0) is 82.0 Å². The van der Waals surface area contributed by atoms with E-state index in [0.29, 0.717) is 47.7 Å². The highest BCUT2D eigenvalue weighted by Crippen LogP contribution is 2.31. The van der Waals surface area contributed by atoms with Crippen LogP contribution in [0.4, 0.5) is 8.78 Å². The number of halogens is 3. The predicted octanol–water partition coefficient (Wildman–Crippen LogP) is 5.78. The number of aromatic amines is 1. The van der Waals surface area contributed by atoms with Gasteiger partial charge in [0.1, 0.15) is 11.5 Å². The van der Waals surface area contributed by atoms with Gasteiger partial charge in [-0.25, -0.2) is 13.6 Å². The smallest absolute Gasteiger partial charge is 0.354 e. The molecule has 0 aliphatic rings. The number of H-pyrrole nitrogens is 1. The summed E-state index contributed by atoms with van der Waals surface area (Å²) < 4.78 is 31.5. The number of nitrogens with two attached hydrogens (primary N) is 1. The lowest BCUT2D eigenvalue weighted by atomic mass is 10.0. The van der Waals surface area contributed by atoms with Gasteiger partial charge in [0.05, 0.1) is 22.2 Å². The van der Waals surface area contributed by atoms with Gasteiger partial charge in [-0.3, -0.25) is 9.98 Å². The molecule has 222 valence electrons. The molecule has 4 aromatic rings. The maximum Gasteiger partial charge on any atom is 0.354 e. The first-order valence-corrected chi connectivity index (χ1v) is 14.3. The molecule has 11 heteroatoms. The van der Waals surface area contributed by atoms with Gasteiger partial charge in [0.2, 0.25) is 0 Å². The van der Waals surface area contributed by atoms with E-state index in [0.717, 1.165) is 24.8 Å². The lowest BCUT2D eigenvalue weighted by Crippen LogP contribution is -2.26. The van der Waals surface area contributed by atoms with Crippen molar-refractivity contribution in [2.45, 2.75) is 51.6 Å². The second-order valence-corrected chi connectivity index (χ2v) is 10.8. The number of nitrogens with zero attached hydrogens (tertiary/aromatic N) is 2. The van der Waals surface area contributed by atoms with Crippen molar-refractivity contribution < 1.29 is 8.78 Å². The Morgan fingerprint density at radius 1 is 1.24 bits per heavy atom. The molecule has 0 aliphatic carbocycles. The van der Waals surface area contributed by atoms with Gasteiger partial charge in [0.25, 0.3) is 0 Å². The molecule has 4 rings (SSSR count). The van der Waals surface area contributed by atoms with Crippen LogP contribution in [0.3, 0.4) is 0 Å². The summed E-state index contributed by atoms with van der Waals surface area (Å²) in [5.74, 6) is -0.623. The summed E-state index contributed by atoms with van der Waals surface area (Å²) in [5.41, 5.74) is 7.93. The average molecular weight is 596 g/mol. The Bertz CT molecular complexity index is 1650. The SMILES string of the molecule is C=C[C@@H](N)CCCc1cc(Cl)c(F)c(-c2cc3cn(-c4ccc([C@H](C)NCCCNC(C)=N)c(F)c4)c(=O)nc3[nH]2)c1. The van der Waals surface area contributed by atoms with Crippen LogP contribution in [-0.2, 0) is 6.42 Å². The van der Waals surface area contributed by atoms with E-state index in [1.165, 1.54) is 10.6 Å². The van der Waals surface area contributed by atoms with Gasteiger partial charge in [-0.2, -0.15) is 4.98 Å². The largest absolute Gasteiger partial charge is 0.374 e. The van der Waals surface area contributed by atoms with Crippen molar-refractivity contribution in [1.82, 2.24) is 25.2 Å². The van der Waals surface area contributed by atoms with E-state index in [1.54, 1.807) is 49.5 Å². The molecule has 6 N–H and O–H groups in total. The maximum absolute atomic E-state index is 15.1. The zero-order chi connectivity index (χ0) is 30.4. The molecule has 0 fully saturated rings. The van der Waals surface area contributed by atoms with Gasteiger partial charge in [0.15, 0.2) is 5.82 Å². The van der Waals surface area contributed by atoms with Crippen LogP contribution in [0.5, 0.6) is 0 Å². The molecule has 2 atom stereocenters. The Hall–Kier alpha value is -3.86. The molecule has 8 nitrogen and oxygen atoms in total. The van der Waals surface area contributed by atoms with Crippen molar-refractivity contribution >= 4 is 28.5 Å². The van der Waals surface area contributed by atoms with Crippen molar-refractivity contribution in [3.8, 4) is 16.9 Å². The molecule has 0 amide bonds. The van der Waals surface area contributed by atoms with E-state index in [-0.39, 0.29) is 28.3 Å². The summed E-state index contributed by atoms with van der Waals surface area (Å²) >= 11 is 6.22. The monoisotopic (exact) mass is 595 g/mol. The van der Waals surface area contributed by atoms with E-state index in [4.69, 9.17) is 22.7 Å². The Balaban J connectivity index is 1.55. The Kier molecular flexibility index (Phi) is 10.3. The van der Waals surface area contributed by atoms with E-state index >= 15 is 8.78 Å². The Morgan fingerprint density at radius 3 is 2.74 bits per heavy atom. The molecule has 42 heavy (non-hydrogen) atoms. The normalized spacial score (nSPS) is 12.8. The quantitative estimate of drug-likeness (QED) is 0.0580. The van der Waals surface area contributed by atoms with Crippen molar-refractivity contribution in [2.75, 3.05) is 13.1 Å². The number of hydrogen-bond donors (Lipinski definition) is 5. The zero-order valence-corrected chi connectivity index (χ0v) is 24.5. The van der Waals surface area contributed by atoms with Crippen LogP contribution >= 0.6 is 11.6 Å². The number of hydrogen-bond acceptors (Lipinski definition) is 5. The van der Waals surface area contributed by atoms with Gasteiger partial charge < -0.3 is 21.4 Å². The molecule has 2 aromatic heterocycles. The standard InChI is InChI=1S/C31H36ClF2N7O/c1-4-22(36)8-5-7-20-13-25(29(34)26(32)14-20)28-15-21-17-41(31(42)40-30(21)39-28)23-9-10-24(27(33)16-23)18(2)37-11-6-12-38-19(3)35/h4,9-10,13-18,22,37H,1,5-8,11-12,36H2,2-3H3,(H2,35,38)(H,39,40,42)/t18-,22+/m0/s1. The first-order valence-electron chi connectivity index (χ1n) is 13.9. The summed E-state index contributed by atoms with van der Waals surface area (Å²) in [7, 11) is 0. The highest BCUT2D eigenvalue weighted by Gasteiger charge is 2.17. The number of benzene rings is 2. The van der Waals surface area contributed by atoms with E-state index in [2.05, 4.69) is 27.2 Å². The molecule has 0 unspecified atom stereocenters. The van der Waals surface area contributed by atoms with Crippen LogP contribution in [0.25, 0.3) is 28.0 Å². The van der Waals surface area contributed by atoms with Crippen LogP contribution in [-0.4, -0.2) is 39.5 Å². The second kappa shape index (κ2) is 13.9. The minimum absolute atomic E-state index is 0.000812. The molecular formula is C31H36ClF2N7O. The van der Waals surface area contributed by atoms with Crippen molar-refractivity contribution in [2.24, 2.45) is 5.73 Å². The summed E-state index contributed by atoms with van der Waals surface area (Å²) in [6.45, 7) is 8.55. The average Bonchev–Trinajstić information content (AvgIpc) is 3.36. The van der Waals surface area contributed by atoms with Gasteiger partial charge in [0, 0.05) is 41.3 Å². The summed E-state index contributed by atoms with van der Waals surface area (Å²) in [4.78, 5) is 20.0. The first-order chi connectivity index (χ1) is 20.1. The number of rotatable bonds is 13. The summed E-state index contributed by atoms with van der Waals surface area (Å²) in [6.07, 6.45) is 6.23. The second-order valence-electron chi connectivity index (χ2n) is 10.4. The third kappa shape index (κ3) is 7.50. The molecule has 0 saturated heterocycles. The van der Waals surface area contributed by atoms with Gasteiger partial charge in [-0.1, -0.05) is 23.7 Å². The van der Waals surface area contributed by atoms with E-state index < -0.39 is 17.3 Å². The zero-order valence-electron chi connectivity index (χ0n) is 23.7. The van der Waals surface area contributed by atoms with Crippen molar-refractivity contribution in [3.05, 3.63) is 93.5 Å². The fourth-order valence-electron chi connectivity index (χ4n) is 4.78. The molecule has 0 spiro atoms. The van der Waals surface area contributed by atoms with Gasteiger partial charge in [-0.15, -0.1) is 6.58 Å². The molecule has 2 aromatic carbocycles. The molecule has 0 aliphatic heterocycles. The van der Waals surface area contributed by atoms with Crippen molar-refractivity contribution in [1.29, 1.82) is 5.41 Å². The summed E-state index contributed by atoms with van der Waals surface area (Å²) in [5, 5.41) is 14.2. The minimum atomic E-state index is -0.603. The molecule has 0 bridgehead atoms. The van der Waals surface area contributed by atoms with E-state index in [9.17, 15) is 4.79 Å². The predicted molar refractivity (Wildman–Crippen MR) is 166 cm³/mol. The highest BCUT2D eigenvalue weighted by atomic mass is 35.5. The molecule has 2 heterocycles. The highest BCUT2D eigenvalue weighted by molar-refractivity contribution is 6.31. The van der Waals surface area contributed by atoms with E-state index in [1.807, 2.05) is 6.92 Å². The fourth-order valence-corrected chi connectivity index (χ4v) is 5.02. The lowest BCUT2D eigenvalue weighted by Gasteiger charge is -2.16.